The number of hydrogen-bond acceptors (Lipinski definition) is 5. The van der Waals surface area contributed by atoms with E-state index in [1.165, 1.54) is 5.56 Å². The molecule has 1 aliphatic heterocycles. The number of carboxylic acid groups (broad SMARTS) is 1. The van der Waals surface area contributed by atoms with Crippen LogP contribution in [0.5, 0.6) is 0 Å². The maximum atomic E-state index is 12.0. The van der Waals surface area contributed by atoms with E-state index in [9.17, 15) is 14.4 Å². The second kappa shape index (κ2) is 7.98. The van der Waals surface area contributed by atoms with Crippen molar-refractivity contribution in [1.82, 2.24) is 14.9 Å². The molecule has 1 atom stereocenters. The van der Waals surface area contributed by atoms with Crippen LogP contribution in [0.4, 0.5) is 0 Å². The average molecular weight is 337 g/mol. The molecule has 124 valence electrons. The van der Waals surface area contributed by atoms with Gasteiger partial charge >= 0.3 is 5.97 Å². The van der Waals surface area contributed by atoms with E-state index in [0.717, 1.165) is 4.90 Å². The van der Waals surface area contributed by atoms with Crippen LogP contribution in [0.1, 0.15) is 5.56 Å². The number of aliphatic carboxylic acids is 1. The Labute approximate surface area is 138 Å². The first-order valence-electron chi connectivity index (χ1n) is 7.19. The summed E-state index contributed by atoms with van der Waals surface area (Å²) in [4.78, 5) is 34.4. The Kier molecular flexibility index (Phi) is 6.00. The molecule has 0 aromatic heterocycles. The van der Waals surface area contributed by atoms with Crippen molar-refractivity contribution < 1.29 is 19.5 Å². The summed E-state index contributed by atoms with van der Waals surface area (Å²) in [5, 5.41) is 13.7. The van der Waals surface area contributed by atoms with Gasteiger partial charge in [0.2, 0.25) is 12.3 Å². The van der Waals surface area contributed by atoms with Gasteiger partial charge < -0.3 is 15.7 Å². The number of nitrogens with one attached hydrogen (secondary N) is 2. The van der Waals surface area contributed by atoms with Crippen molar-refractivity contribution in [1.29, 1.82) is 0 Å². The molecule has 1 fully saturated rings. The first-order chi connectivity index (χ1) is 11.0. The highest BCUT2D eigenvalue weighted by atomic mass is 32.2. The third-order valence-corrected chi connectivity index (χ3v) is 4.53. The lowest BCUT2D eigenvalue weighted by molar-refractivity contribution is -0.143. The molecule has 3 N–H and O–H groups in total. The van der Waals surface area contributed by atoms with E-state index in [1.807, 2.05) is 35.5 Å². The van der Waals surface area contributed by atoms with Crippen molar-refractivity contribution in [3.05, 3.63) is 29.8 Å². The van der Waals surface area contributed by atoms with Crippen LogP contribution in [0.3, 0.4) is 0 Å². The van der Waals surface area contributed by atoms with E-state index >= 15 is 0 Å². The van der Waals surface area contributed by atoms with Crippen molar-refractivity contribution in [3.63, 3.8) is 0 Å². The quantitative estimate of drug-likeness (QED) is 0.465. The summed E-state index contributed by atoms with van der Waals surface area (Å²) in [5.41, 5.74) is 1.19. The Hall–Kier alpha value is -2.06. The molecule has 1 heterocycles. The van der Waals surface area contributed by atoms with Crippen molar-refractivity contribution in [2.75, 3.05) is 19.6 Å². The maximum absolute atomic E-state index is 12.0. The second-order valence-electron chi connectivity index (χ2n) is 5.37. The number of carboxylic acids is 1. The Morgan fingerprint density at radius 2 is 2.04 bits per heavy atom. The minimum Gasteiger partial charge on any atom is -0.480 e. The summed E-state index contributed by atoms with van der Waals surface area (Å²) >= 11 is 1.58. The van der Waals surface area contributed by atoms with Gasteiger partial charge in [0.1, 0.15) is 6.04 Å². The molecule has 0 aliphatic carbocycles. The number of hydrogen-bond donors (Lipinski definition) is 3. The zero-order valence-corrected chi connectivity index (χ0v) is 13.5. The second-order valence-corrected chi connectivity index (χ2v) is 6.54. The first-order valence-corrected chi connectivity index (χ1v) is 7.96. The Bertz CT molecular complexity index is 573. The lowest BCUT2D eigenvalue weighted by atomic mass is 10.0. The summed E-state index contributed by atoms with van der Waals surface area (Å²) < 4.78 is 2.05. The van der Waals surface area contributed by atoms with Gasteiger partial charge in [0.25, 0.3) is 0 Å². The number of benzene rings is 1. The molecule has 1 unspecified atom stereocenters. The van der Waals surface area contributed by atoms with Gasteiger partial charge in [0.15, 0.2) is 0 Å². The number of nitrogens with zero attached hydrogens (tertiary/aromatic N) is 1. The number of aryl methyl sites for hydroxylation is 1. The molecule has 0 saturated carbocycles. The molecule has 23 heavy (non-hydrogen) atoms. The summed E-state index contributed by atoms with van der Waals surface area (Å²) in [5.74, 6) is -1.70. The first kappa shape index (κ1) is 17.3. The van der Waals surface area contributed by atoms with Gasteiger partial charge in [-0.15, -0.1) is 0 Å². The molecule has 7 nitrogen and oxygen atoms in total. The van der Waals surface area contributed by atoms with Crippen molar-refractivity contribution in [2.45, 2.75) is 17.9 Å². The predicted octanol–water partition coefficient (Wildman–Crippen LogP) is 0.249. The maximum Gasteiger partial charge on any atom is 0.328 e. The fourth-order valence-electron chi connectivity index (χ4n) is 2.08. The van der Waals surface area contributed by atoms with Crippen LogP contribution in [0.2, 0.25) is 0 Å². The van der Waals surface area contributed by atoms with E-state index in [2.05, 4.69) is 10.6 Å². The van der Waals surface area contributed by atoms with Gasteiger partial charge in [-0.25, -0.2) is 9.10 Å². The van der Waals surface area contributed by atoms with Gasteiger partial charge in [-0.1, -0.05) is 17.7 Å². The van der Waals surface area contributed by atoms with Gasteiger partial charge in [0, 0.05) is 24.5 Å². The zero-order chi connectivity index (χ0) is 16.8. The van der Waals surface area contributed by atoms with E-state index in [-0.39, 0.29) is 18.4 Å². The normalized spacial score (nSPS) is 16.2. The van der Waals surface area contributed by atoms with E-state index in [4.69, 9.17) is 5.11 Å². The molecule has 0 spiro atoms. The molecule has 1 aliphatic rings. The number of carbonyl (C=O) groups excluding carboxylic acids is 2. The van der Waals surface area contributed by atoms with E-state index < -0.39 is 12.0 Å². The topological polar surface area (TPSA) is 98.7 Å². The van der Waals surface area contributed by atoms with Crippen molar-refractivity contribution in [3.8, 4) is 0 Å². The molecule has 1 aromatic carbocycles. The summed E-state index contributed by atoms with van der Waals surface area (Å²) in [6.07, 6.45) is 0.408. The van der Waals surface area contributed by atoms with Crippen molar-refractivity contribution in [2.24, 2.45) is 5.92 Å². The summed E-state index contributed by atoms with van der Waals surface area (Å²) in [6.45, 7) is 3.03. The van der Waals surface area contributed by atoms with Crippen LogP contribution in [0.15, 0.2) is 29.2 Å². The highest BCUT2D eigenvalue weighted by Crippen LogP contribution is 2.30. The molecule has 0 radical (unpaired) electrons. The van der Waals surface area contributed by atoms with Gasteiger partial charge in [0.05, 0.1) is 5.92 Å². The van der Waals surface area contributed by atoms with Crippen LogP contribution < -0.4 is 10.6 Å². The SMILES string of the molecule is Cc1ccc(SN2CC(C(=O)NC(CNC=O)C(=O)O)C2)cc1. The molecule has 1 saturated heterocycles. The molecule has 2 amide bonds. The Morgan fingerprint density at radius 1 is 1.39 bits per heavy atom. The fraction of sp³-hybridized carbons (Fsp3) is 0.400. The Balaban J connectivity index is 1.76. The predicted molar refractivity (Wildman–Crippen MR) is 85.7 cm³/mol. The highest BCUT2D eigenvalue weighted by Gasteiger charge is 2.35. The molecule has 2 rings (SSSR count). The van der Waals surface area contributed by atoms with Gasteiger partial charge in [-0.2, -0.15) is 0 Å². The van der Waals surface area contributed by atoms with Gasteiger partial charge in [-0.3, -0.25) is 9.59 Å². The van der Waals surface area contributed by atoms with E-state index in [0.29, 0.717) is 19.5 Å². The number of carbonyl (C=O) groups is 3. The van der Waals surface area contributed by atoms with Crippen LogP contribution >= 0.6 is 11.9 Å². The third-order valence-electron chi connectivity index (χ3n) is 3.49. The van der Waals surface area contributed by atoms with Crippen molar-refractivity contribution >= 4 is 30.2 Å². The minimum absolute atomic E-state index is 0.126. The molecule has 8 heteroatoms. The lowest BCUT2D eigenvalue weighted by Gasteiger charge is -2.37. The number of rotatable bonds is 8. The molecule has 1 aromatic rings. The van der Waals surface area contributed by atoms with Crippen LogP contribution in [-0.4, -0.2) is 53.4 Å². The largest absolute Gasteiger partial charge is 0.480 e. The molecule has 0 bridgehead atoms. The average Bonchev–Trinajstić information content (AvgIpc) is 2.48. The third kappa shape index (κ3) is 4.97. The Morgan fingerprint density at radius 3 is 2.61 bits per heavy atom. The van der Waals surface area contributed by atoms with Crippen LogP contribution in [0, 0.1) is 12.8 Å². The van der Waals surface area contributed by atoms with E-state index in [1.54, 1.807) is 11.9 Å². The van der Waals surface area contributed by atoms with Crippen LogP contribution in [0.25, 0.3) is 0 Å². The minimum atomic E-state index is -1.17. The van der Waals surface area contributed by atoms with Gasteiger partial charge in [-0.05, 0) is 31.0 Å². The fourth-order valence-corrected chi connectivity index (χ4v) is 3.15. The highest BCUT2D eigenvalue weighted by molar-refractivity contribution is 7.97. The summed E-state index contributed by atoms with van der Waals surface area (Å²) in [7, 11) is 0. The monoisotopic (exact) mass is 337 g/mol. The zero-order valence-electron chi connectivity index (χ0n) is 12.7. The summed E-state index contributed by atoms with van der Waals surface area (Å²) in [6, 6.07) is 7.01. The smallest absolute Gasteiger partial charge is 0.328 e. The lowest BCUT2D eigenvalue weighted by Crippen LogP contribution is -2.55. The molecular weight excluding hydrogens is 318 g/mol. The standard InChI is InChI=1S/C15H19N3O4S/c1-10-2-4-12(5-3-10)23-18-7-11(8-18)14(20)17-13(15(21)22)6-16-9-19/h2-5,9,11,13H,6-8H2,1H3,(H,16,19)(H,17,20)(H,21,22). The van der Waals surface area contributed by atoms with Crippen LogP contribution in [-0.2, 0) is 14.4 Å². The number of amides is 2. The molecular formula is C15H19N3O4S.